The number of sulfonamides is 1. The molecule has 0 aliphatic rings. The molecule has 140 valence electrons. The lowest BCUT2D eigenvalue weighted by molar-refractivity contribution is 0.156. The van der Waals surface area contributed by atoms with Gasteiger partial charge >= 0.3 is 0 Å². The van der Waals surface area contributed by atoms with Gasteiger partial charge in [0.1, 0.15) is 5.88 Å². The van der Waals surface area contributed by atoms with Crippen molar-refractivity contribution in [3.05, 3.63) is 0 Å². The van der Waals surface area contributed by atoms with Crippen molar-refractivity contribution in [2.45, 2.75) is 59.0 Å². The van der Waals surface area contributed by atoms with Gasteiger partial charge in [0.25, 0.3) is 0 Å². The third-order valence-corrected chi connectivity index (χ3v) is 6.63. The van der Waals surface area contributed by atoms with E-state index in [1.165, 1.54) is 16.8 Å². The summed E-state index contributed by atoms with van der Waals surface area (Å²) in [4.78, 5) is 1.94. The molecule has 0 aromatic heterocycles. The summed E-state index contributed by atoms with van der Waals surface area (Å²) in [6, 6.07) is 0.120. The molecule has 1 atom stereocenters. The lowest BCUT2D eigenvalue weighted by Gasteiger charge is -2.38. The van der Waals surface area contributed by atoms with Crippen LogP contribution in [0.3, 0.4) is 0 Å². The molecule has 0 amide bonds. The highest BCUT2D eigenvalue weighted by Gasteiger charge is 2.33. The number of hydrogen-bond acceptors (Lipinski definition) is 5. The Labute approximate surface area is 143 Å². The fourth-order valence-electron chi connectivity index (χ4n) is 2.67. The Bertz CT molecular complexity index is 568. The van der Waals surface area contributed by atoms with Crippen LogP contribution in [0.2, 0.25) is 0 Å². The topological polar surface area (TPSA) is 74.8 Å². The molecule has 0 bridgehead atoms. The first-order chi connectivity index (χ1) is 10.1. The molecule has 0 spiro atoms. The average molecular weight is 371 g/mol. The minimum atomic E-state index is -3.26. The fourth-order valence-corrected chi connectivity index (χ4v) is 4.65. The third-order valence-electron chi connectivity index (χ3n) is 4.34. The van der Waals surface area contributed by atoms with E-state index in [0.717, 1.165) is 6.42 Å². The van der Waals surface area contributed by atoms with Crippen molar-refractivity contribution in [1.29, 1.82) is 0 Å². The van der Waals surface area contributed by atoms with Crippen LogP contribution in [0.25, 0.3) is 0 Å². The Hall–Kier alpha value is -0.180. The smallest absolute Gasteiger partial charge is 0.211 e. The average Bonchev–Trinajstić information content (AvgIpc) is 2.32. The molecule has 0 N–H and O–H groups in total. The molecule has 6 nitrogen and oxygen atoms in total. The maximum atomic E-state index is 11.8. The Morgan fingerprint density at radius 2 is 1.52 bits per heavy atom. The first kappa shape index (κ1) is 22.8. The van der Waals surface area contributed by atoms with Crippen LogP contribution in [0.4, 0.5) is 0 Å². The second-order valence-electron chi connectivity index (χ2n) is 7.44. The number of hydrogen-bond donors (Lipinski definition) is 0. The normalized spacial score (nSPS) is 15.6. The standard InChI is InChI=1S/C15H34N2O4S2/c1-9-14(10-15(4,5)16(6)23(8,20)21)11-17(13(2)3)12-22(7,18)19/h13-14H,9-12H2,1-8H3. The van der Waals surface area contributed by atoms with Crippen LogP contribution in [0, 0.1) is 5.92 Å². The number of sulfone groups is 1. The van der Waals surface area contributed by atoms with E-state index in [9.17, 15) is 16.8 Å². The van der Waals surface area contributed by atoms with Crippen LogP contribution in [0.1, 0.15) is 47.5 Å². The van der Waals surface area contributed by atoms with Gasteiger partial charge in [-0.15, -0.1) is 0 Å². The lowest BCUT2D eigenvalue weighted by atomic mass is 9.88. The predicted molar refractivity (Wildman–Crippen MR) is 96.6 cm³/mol. The molecule has 0 fully saturated rings. The molecule has 0 aromatic carbocycles. The minimum Gasteiger partial charge on any atom is -0.287 e. The third kappa shape index (κ3) is 8.47. The maximum absolute atomic E-state index is 11.8. The van der Waals surface area contributed by atoms with Gasteiger partial charge in [0.2, 0.25) is 10.0 Å². The first-order valence-corrected chi connectivity index (χ1v) is 11.9. The highest BCUT2D eigenvalue weighted by atomic mass is 32.2. The van der Waals surface area contributed by atoms with E-state index in [4.69, 9.17) is 0 Å². The van der Waals surface area contributed by atoms with E-state index in [1.54, 1.807) is 7.05 Å². The van der Waals surface area contributed by atoms with Gasteiger partial charge in [-0.2, -0.15) is 4.31 Å². The van der Waals surface area contributed by atoms with Crippen molar-refractivity contribution < 1.29 is 16.8 Å². The molecule has 0 heterocycles. The number of rotatable bonds is 10. The molecule has 0 saturated heterocycles. The number of nitrogens with zero attached hydrogens (tertiary/aromatic N) is 2. The molecular formula is C15H34N2O4S2. The molecule has 0 aliphatic carbocycles. The van der Waals surface area contributed by atoms with Gasteiger partial charge < -0.3 is 0 Å². The van der Waals surface area contributed by atoms with Crippen LogP contribution in [-0.4, -0.2) is 69.6 Å². The molecule has 0 aromatic rings. The molecule has 8 heteroatoms. The molecule has 0 aliphatic heterocycles. The van der Waals surface area contributed by atoms with E-state index in [-0.39, 0.29) is 17.8 Å². The second kappa shape index (κ2) is 8.27. The zero-order valence-electron chi connectivity index (χ0n) is 15.8. The van der Waals surface area contributed by atoms with Gasteiger partial charge in [-0.05, 0) is 40.0 Å². The van der Waals surface area contributed by atoms with Crippen molar-refractivity contribution in [2.75, 3.05) is 32.0 Å². The molecule has 0 radical (unpaired) electrons. The molecule has 23 heavy (non-hydrogen) atoms. The monoisotopic (exact) mass is 370 g/mol. The lowest BCUT2D eigenvalue weighted by Crippen LogP contribution is -2.47. The molecule has 0 rings (SSSR count). The molecule has 1 unspecified atom stereocenters. The fraction of sp³-hybridized carbons (Fsp3) is 1.00. The zero-order valence-corrected chi connectivity index (χ0v) is 17.5. The molecular weight excluding hydrogens is 336 g/mol. The summed E-state index contributed by atoms with van der Waals surface area (Å²) in [6.45, 7) is 10.5. The largest absolute Gasteiger partial charge is 0.287 e. The summed E-state index contributed by atoms with van der Waals surface area (Å²) in [5.41, 5.74) is -0.512. The van der Waals surface area contributed by atoms with Crippen LogP contribution >= 0.6 is 0 Å². The van der Waals surface area contributed by atoms with Crippen molar-refractivity contribution in [2.24, 2.45) is 5.92 Å². The van der Waals surface area contributed by atoms with Gasteiger partial charge in [0.15, 0.2) is 9.84 Å². The maximum Gasteiger partial charge on any atom is 0.211 e. The summed E-state index contributed by atoms with van der Waals surface area (Å²) < 4.78 is 48.2. The van der Waals surface area contributed by atoms with Gasteiger partial charge in [-0.25, -0.2) is 16.8 Å². The van der Waals surface area contributed by atoms with E-state index < -0.39 is 25.4 Å². The Kier molecular flexibility index (Phi) is 8.20. The Morgan fingerprint density at radius 3 is 1.83 bits per heavy atom. The van der Waals surface area contributed by atoms with E-state index >= 15 is 0 Å². The van der Waals surface area contributed by atoms with E-state index in [0.29, 0.717) is 13.0 Å². The summed E-state index contributed by atoms with van der Waals surface area (Å²) in [7, 11) is -4.75. The van der Waals surface area contributed by atoms with Gasteiger partial charge in [0, 0.05) is 31.4 Å². The highest BCUT2D eigenvalue weighted by molar-refractivity contribution is 7.90. The highest BCUT2D eigenvalue weighted by Crippen LogP contribution is 2.27. The van der Waals surface area contributed by atoms with E-state index in [1.807, 2.05) is 32.6 Å². The van der Waals surface area contributed by atoms with Crippen molar-refractivity contribution in [3.63, 3.8) is 0 Å². The second-order valence-corrected chi connectivity index (χ2v) is 11.6. The van der Waals surface area contributed by atoms with Gasteiger partial charge in [-0.3, -0.25) is 4.90 Å². The van der Waals surface area contributed by atoms with E-state index in [2.05, 4.69) is 6.92 Å². The molecule has 0 saturated carbocycles. The van der Waals surface area contributed by atoms with Crippen molar-refractivity contribution >= 4 is 19.9 Å². The van der Waals surface area contributed by atoms with Crippen LogP contribution in [0.15, 0.2) is 0 Å². The van der Waals surface area contributed by atoms with Crippen LogP contribution < -0.4 is 0 Å². The Balaban J connectivity index is 5.14. The minimum absolute atomic E-state index is 0.0313. The first-order valence-electron chi connectivity index (χ1n) is 7.96. The quantitative estimate of drug-likeness (QED) is 0.586. The van der Waals surface area contributed by atoms with Crippen molar-refractivity contribution in [3.8, 4) is 0 Å². The summed E-state index contributed by atoms with van der Waals surface area (Å²) in [5.74, 6) is 0.252. The van der Waals surface area contributed by atoms with Gasteiger partial charge in [-0.1, -0.05) is 13.3 Å². The summed E-state index contributed by atoms with van der Waals surface area (Å²) in [5, 5.41) is 0. The van der Waals surface area contributed by atoms with Crippen LogP contribution in [0.5, 0.6) is 0 Å². The SMILES string of the molecule is CCC(CN(CS(C)(=O)=O)C(C)C)CC(C)(C)N(C)S(C)(=O)=O. The predicted octanol–water partition coefficient (Wildman–Crippen LogP) is 1.79. The zero-order chi connectivity index (χ0) is 18.6. The van der Waals surface area contributed by atoms with Crippen molar-refractivity contribution in [1.82, 2.24) is 9.21 Å². The van der Waals surface area contributed by atoms with Gasteiger partial charge in [0.05, 0.1) is 6.26 Å². The Morgan fingerprint density at radius 1 is 1.04 bits per heavy atom. The van der Waals surface area contributed by atoms with Crippen LogP contribution in [-0.2, 0) is 19.9 Å². The summed E-state index contributed by atoms with van der Waals surface area (Å²) >= 11 is 0. The summed E-state index contributed by atoms with van der Waals surface area (Å²) in [6.07, 6.45) is 4.00.